The Labute approximate surface area is 274 Å². The van der Waals surface area contributed by atoms with Gasteiger partial charge in [-0.25, -0.2) is 0 Å². The molecule has 45 heavy (non-hydrogen) atoms. The minimum absolute atomic E-state index is 0.0577. The summed E-state index contributed by atoms with van der Waals surface area (Å²) in [6.07, 6.45) is 15.6. The monoisotopic (exact) mass is 640 g/mol. The topological polar surface area (TPSA) is 149 Å². The van der Waals surface area contributed by atoms with E-state index in [0.29, 0.717) is 77.0 Å². The van der Waals surface area contributed by atoms with Crippen LogP contribution in [0.2, 0.25) is 0 Å². The number of hydrogen-bond donors (Lipinski definition) is 4. The van der Waals surface area contributed by atoms with Gasteiger partial charge in [0.15, 0.2) is 0 Å². The maximum absolute atomic E-state index is 12.2. The molecule has 0 aromatic heterocycles. The summed E-state index contributed by atoms with van der Waals surface area (Å²) in [5.41, 5.74) is 0. The van der Waals surface area contributed by atoms with E-state index >= 15 is 0 Å². The van der Waals surface area contributed by atoms with Gasteiger partial charge in [0.05, 0.1) is 24.4 Å². The summed E-state index contributed by atoms with van der Waals surface area (Å²) >= 11 is 0. The number of carbonyl (C=O) groups excluding carboxylic acids is 4. The van der Waals surface area contributed by atoms with Crippen LogP contribution in [0.5, 0.6) is 0 Å². The Balaban J connectivity index is 3.70. The highest BCUT2D eigenvalue weighted by Gasteiger charge is 2.15. The van der Waals surface area contributed by atoms with Gasteiger partial charge in [0.2, 0.25) is 0 Å². The molecule has 0 aliphatic heterocycles. The summed E-state index contributed by atoms with van der Waals surface area (Å²) in [4.78, 5) is 48.3. The first-order valence-corrected chi connectivity index (χ1v) is 18.4. The van der Waals surface area contributed by atoms with Crippen molar-refractivity contribution in [2.45, 2.75) is 212 Å². The van der Waals surface area contributed by atoms with Crippen molar-refractivity contribution in [1.29, 1.82) is 0 Å². The fourth-order valence-corrected chi connectivity index (χ4v) is 5.71. The molecule has 0 bridgehead atoms. The van der Waals surface area contributed by atoms with E-state index in [1.807, 2.05) is 0 Å². The summed E-state index contributed by atoms with van der Waals surface area (Å²) in [6, 6.07) is 0. The number of unbranched alkanes of at least 4 members (excludes halogenated alkanes) is 10. The van der Waals surface area contributed by atoms with Gasteiger partial charge in [0.25, 0.3) is 0 Å². The van der Waals surface area contributed by atoms with Gasteiger partial charge in [-0.1, -0.05) is 84.5 Å². The van der Waals surface area contributed by atoms with Crippen LogP contribution < -0.4 is 0 Å². The van der Waals surface area contributed by atoms with Crippen molar-refractivity contribution >= 4 is 23.1 Å². The second-order valence-electron chi connectivity index (χ2n) is 13.3. The van der Waals surface area contributed by atoms with Crippen molar-refractivity contribution in [3.8, 4) is 0 Å². The molecule has 0 aromatic carbocycles. The van der Waals surface area contributed by atoms with Crippen molar-refractivity contribution in [2.24, 2.45) is 0 Å². The molecule has 0 rings (SSSR count). The van der Waals surface area contributed by atoms with Gasteiger partial charge in [-0.2, -0.15) is 0 Å². The Kier molecular flexibility index (Phi) is 28.9. The second-order valence-corrected chi connectivity index (χ2v) is 13.3. The molecule has 0 aliphatic carbocycles. The Bertz CT molecular complexity index is 706. The molecule has 4 N–H and O–H groups in total. The van der Waals surface area contributed by atoms with Crippen LogP contribution in [0, 0.1) is 0 Å². The summed E-state index contributed by atoms with van der Waals surface area (Å²) in [5, 5.41) is 40.2. The van der Waals surface area contributed by atoms with E-state index in [9.17, 15) is 39.6 Å². The number of carbonyl (C=O) groups is 4. The first-order valence-electron chi connectivity index (χ1n) is 18.4. The van der Waals surface area contributed by atoms with Crippen LogP contribution in [0.1, 0.15) is 187 Å². The summed E-state index contributed by atoms with van der Waals surface area (Å²) in [5.74, 6) is 0.243. The zero-order chi connectivity index (χ0) is 33.7. The number of Topliss-reactive ketones (excluding diaryl/α,β-unsaturated/α-hetero) is 4. The van der Waals surface area contributed by atoms with E-state index < -0.39 is 24.4 Å². The molecule has 0 aromatic rings. The fourth-order valence-electron chi connectivity index (χ4n) is 5.71. The van der Waals surface area contributed by atoms with Crippen LogP contribution in [0.4, 0.5) is 0 Å². The molecule has 0 spiro atoms. The van der Waals surface area contributed by atoms with Gasteiger partial charge in [-0.05, 0) is 51.4 Å². The van der Waals surface area contributed by atoms with E-state index in [0.717, 1.165) is 70.6 Å². The Hall–Kier alpha value is -1.48. The number of hydrogen-bond acceptors (Lipinski definition) is 8. The van der Waals surface area contributed by atoms with Crippen LogP contribution in [0.15, 0.2) is 0 Å². The van der Waals surface area contributed by atoms with Crippen LogP contribution in [0.3, 0.4) is 0 Å². The van der Waals surface area contributed by atoms with Crippen molar-refractivity contribution < 1.29 is 39.6 Å². The Morgan fingerprint density at radius 2 is 0.578 bits per heavy atom. The smallest absolute Gasteiger partial charge is 0.135 e. The highest BCUT2D eigenvalue weighted by molar-refractivity contribution is 5.80. The van der Waals surface area contributed by atoms with E-state index in [1.165, 1.54) is 0 Å². The summed E-state index contributed by atoms with van der Waals surface area (Å²) in [6.45, 7) is 4.21. The lowest BCUT2D eigenvalue weighted by Gasteiger charge is -2.11. The molecule has 4 atom stereocenters. The van der Waals surface area contributed by atoms with Crippen LogP contribution in [-0.4, -0.2) is 68.0 Å². The van der Waals surface area contributed by atoms with E-state index in [-0.39, 0.29) is 48.8 Å². The van der Waals surface area contributed by atoms with Crippen molar-refractivity contribution in [1.82, 2.24) is 0 Å². The van der Waals surface area contributed by atoms with Gasteiger partial charge in [0.1, 0.15) is 23.1 Å². The first-order chi connectivity index (χ1) is 21.6. The molecule has 4 unspecified atom stereocenters. The van der Waals surface area contributed by atoms with Gasteiger partial charge in [-0.15, -0.1) is 0 Å². The highest BCUT2D eigenvalue weighted by atomic mass is 16.3. The normalized spacial score (nSPS) is 14.2. The van der Waals surface area contributed by atoms with Gasteiger partial charge in [-0.3, -0.25) is 19.2 Å². The zero-order valence-corrected chi connectivity index (χ0v) is 28.8. The lowest BCUT2D eigenvalue weighted by Crippen LogP contribution is -2.15. The minimum Gasteiger partial charge on any atom is -0.393 e. The maximum Gasteiger partial charge on any atom is 0.135 e. The molecule has 0 amide bonds. The zero-order valence-electron chi connectivity index (χ0n) is 28.8. The maximum atomic E-state index is 12.2. The summed E-state index contributed by atoms with van der Waals surface area (Å²) in [7, 11) is 0. The third-order valence-corrected chi connectivity index (χ3v) is 8.53. The molecule has 0 aliphatic rings. The second kappa shape index (κ2) is 29.9. The fraction of sp³-hybridized carbons (Fsp3) is 0.892. The van der Waals surface area contributed by atoms with Crippen molar-refractivity contribution in [3.05, 3.63) is 0 Å². The average Bonchev–Trinajstić information content (AvgIpc) is 2.97. The molecule has 264 valence electrons. The standard InChI is InChI=1S/C37H68O8/c1-3-5-10-18-30(38)26-34(42)22-14-16-24-36(44)28-32(40)20-12-8-7-9-13-21-33(41)29-37(45)25-17-15-23-35(43)27-31(39)19-11-6-4-2/h30-31,36-39,44-45H,3-29H2,1-2H3. The Morgan fingerprint density at radius 1 is 0.356 bits per heavy atom. The molecule has 8 nitrogen and oxygen atoms in total. The van der Waals surface area contributed by atoms with Crippen molar-refractivity contribution in [3.63, 3.8) is 0 Å². The number of aliphatic hydroxyl groups excluding tert-OH is 4. The third-order valence-electron chi connectivity index (χ3n) is 8.53. The quantitative estimate of drug-likeness (QED) is 0.0536. The summed E-state index contributed by atoms with van der Waals surface area (Å²) < 4.78 is 0. The molecule has 0 saturated carbocycles. The largest absolute Gasteiger partial charge is 0.393 e. The Morgan fingerprint density at radius 3 is 0.844 bits per heavy atom. The van der Waals surface area contributed by atoms with E-state index in [2.05, 4.69) is 13.8 Å². The van der Waals surface area contributed by atoms with Crippen molar-refractivity contribution in [2.75, 3.05) is 0 Å². The van der Waals surface area contributed by atoms with E-state index in [1.54, 1.807) is 0 Å². The molecule has 8 heteroatoms. The third kappa shape index (κ3) is 29.7. The van der Waals surface area contributed by atoms with Crippen LogP contribution in [-0.2, 0) is 19.2 Å². The van der Waals surface area contributed by atoms with Gasteiger partial charge < -0.3 is 20.4 Å². The van der Waals surface area contributed by atoms with E-state index in [4.69, 9.17) is 0 Å². The van der Waals surface area contributed by atoms with Gasteiger partial charge in [0, 0.05) is 51.4 Å². The average molecular weight is 641 g/mol. The number of aliphatic hydroxyl groups is 4. The number of rotatable bonds is 34. The first kappa shape index (κ1) is 43.5. The lowest BCUT2D eigenvalue weighted by atomic mass is 9.99. The molecule has 0 radical (unpaired) electrons. The van der Waals surface area contributed by atoms with Crippen LogP contribution in [0.25, 0.3) is 0 Å². The molecule has 0 saturated heterocycles. The van der Waals surface area contributed by atoms with Crippen LogP contribution >= 0.6 is 0 Å². The highest BCUT2D eigenvalue weighted by Crippen LogP contribution is 2.16. The minimum atomic E-state index is -0.671. The predicted molar refractivity (Wildman–Crippen MR) is 180 cm³/mol. The molecule has 0 fully saturated rings. The van der Waals surface area contributed by atoms with Gasteiger partial charge >= 0.3 is 0 Å². The number of ketones is 4. The predicted octanol–water partition coefficient (Wildman–Crippen LogP) is 7.28. The molecular formula is C37H68O8. The molecule has 0 heterocycles. The molecular weight excluding hydrogens is 572 g/mol. The SMILES string of the molecule is CCCCCC(O)CC(=O)CCCCC(O)CC(=O)CCCCCCCC(=O)CC(O)CCCCC(=O)CC(O)CCCCC. The lowest BCUT2D eigenvalue weighted by molar-refractivity contribution is -0.122.